The molecule has 0 bridgehead atoms. The van der Waals surface area contributed by atoms with Crippen molar-refractivity contribution in [2.45, 2.75) is 38.9 Å². The Bertz CT molecular complexity index is 445. The summed E-state index contributed by atoms with van der Waals surface area (Å²) in [7, 11) is 0. The Morgan fingerprint density at radius 1 is 1.44 bits per heavy atom. The van der Waals surface area contributed by atoms with Crippen LogP contribution in [0.1, 0.15) is 24.0 Å². The highest BCUT2D eigenvalue weighted by Crippen LogP contribution is 2.22. The first-order chi connectivity index (χ1) is 8.61. The Morgan fingerprint density at radius 2 is 2.22 bits per heavy atom. The van der Waals surface area contributed by atoms with E-state index < -0.39 is 0 Å². The fourth-order valence-electron chi connectivity index (χ4n) is 2.17. The van der Waals surface area contributed by atoms with E-state index in [-0.39, 0.29) is 18.1 Å². The summed E-state index contributed by atoms with van der Waals surface area (Å²) in [5.74, 6) is -0.0698. The van der Waals surface area contributed by atoms with Crippen molar-refractivity contribution < 1.29 is 9.53 Å². The van der Waals surface area contributed by atoms with Crippen molar-refractivity contribution in [3.05, 3.63) is 29.3 Å². The molecule has 1 aliphatic heterocycles. The third-order valence-electron chi connectivity index (χ3n) is 3.53. The van der Waals surface area contributed by atoms with E-state index in [1.165, 1.54) is 5.56 Å². The summed E-state index contributed by atoms with van der Waals surface area (Å²) >= 11 is 0. The minimum atomic E-state index is -0.363. The second-order valence-corrected chi connectivity index (χ2v) is 4.80. The standard InChI is InChI=1S/C14H20N2O2/c1-9-4-3-5-12(10(9)2)16-14(17)13-7-6-11(8-15)18-13/h3-5,11,13H,6-8,15H2,1-2H3,(H,16,17)/t11-,13+/m1/s1. The fraction of sp³-hybridized carbons (Fsp3) is 0.500. The van der Waals surface area contributed by atoms with Crippen LogP contribution in [-0.2, 0) is 9.53 Å². The van der Waals surface area contributed by atoms with Gasteiger partial charge in [0, 0.05) is 12.2 Å². The Morgan fingerprint density at radius 3 is 2.89 bits per heavy atom. The van der Waals surface area contributed by atoms with Crippen molar-refractivity contribution >= 4 is 11.6 Å². The van der Waals surface area contributed by atoms with Gasteiger partial charge in [-0.1, -0.05) is 12.1 Å². The maximum Gasteiger partial charge on any atom is 0.253 e. The van der Waals surface area contributed by atoms with E-state index in [1.54, 1.807) is 0 Å². The molecule has 1 fully saturated rings. The number of carbonyl (C=O) groups excluding carboxylic acids is 1. The lowest BCUT2D eigenvalue weighted by Gasteiger charge is -2.14. The third-order valence-corrected chi connectivity index (χ3v) is 3.53. The molecule has 4 heteroatoms. The number of amides is 1. The van der Waals surface area contributed by atoms with Crippen molar-refractivity contribution in [2.75, 3.05) is 11.9 Å². The van der Waals surface area contributed by atoms with E-state index >= 15 is 0 Å². The van der Waals surface area contributed by atoms with Gasteiger partial charge < -0.3 is 15.8 Å². The number of rotatable bonds is 3. The second-order valence-electron chi connectivity index (χ2n) is 4.80. The van der Waals surface area contributed by atoms with Gasteiger partial charge in [-0.3, -0.25) is 4.79 Å². The van der Waals surface area contributed by atoms with Crippen LogP contribution in [0.2, 0.25) is 0 Å². The molecule has 0 unspecified atom stereocenters. The van der Waals surface area contributed by atoms with Crippen LogP contribution in [-0.4, -0.2) is 24.7 Å². The van der Waals surface area contributed by atoms with Crippen LogP contribution >= 0.6 is 0 Å². The zero-order chi connectivity index (χ0) is 13.1. The molecule has 1 aliphatic rings. The number of benzene rings is 1. The summed E-state index contributed by atoms with van der Waals surface area (Å²) in [6, 6.07) is 5.88. The fourth-order valence-corrected chi connectivity index (χ4v) is 2.17. The molecule has 1 heterocycles. The van der Waals surface area contributed by atoms with Crippen LogP contribution in [0.25, 0.3) is 0 Å². The molecule has 18 heavy (non-hydrogen) atoms. The van der Waals surface area contributed by atoms with Gasteiger partial charge in [0.25, 0.3) is 5.91 Å². The Labute approximate surface area is 108 Å². The molecular formula is C14H20N2O2. The van der Waals surface area contributed by atoms with Gasteiger partial charge in [0.05, 0.1) is 6.10 Å². The molecule has 0 spiro atoms. The van der Waals surface area contributed by atoms with Gasteiger partial charge in [-0.2, -0.15) is 0 Å². The molecule has 4 nitrogen and oxygen atoms in total. The summed E-state index contributed by atoms with van der Waals surface area (Å²) in [6.07, 6.45) is 1.28. The van der Waals surface area contributed by atoms with E-state index in [1.807, 2.05) is 32.0 Å². The number of nitrogens with two attached hydrogens (primary N) is 1. The van der Waals surface area contributed by atoms with E-state index in [0.29, 0.717) is 6.54 Å². The van der Waals surface area contributed by atoms with Crippen molar-refractivity contribution in [3.8, 4) is 0 Å². The number of ether oxygens (including phenoxy) is 1. The molecule has 3 N–H and O–H groups in total. The molecule has 98 valence electrons. The first-order valence-electron chi connectivity index (χ1n) is 6.34. The number of nitrogens with one attached hydrogen (secondary N) is 1. The van der Waals surface area contributed by atoms with Gasteiger partial charge in [-0.05, 0) is 43.9 Å². The van der Waals surface area contributed by atoms with Crippen molar-refractivity contribution in [2.24, 2.45) is 5.73 Å². The number of anilines is 1. The van der Waals surface area contributed by atoms with Gasteiger partial charge in [0.2, 0.25) is 0 Å². The smallest absolute Gasteiger partial charge is 0.253 e. The Balaban J connectivity index is 2.01. The van der Waals surface area contributed by atoms with Crippen molar-refractivity contribution in [3.63, 3.8) is 0 Å². The van der Waals surface area contributed by atoms with Gasteiger partial charge in [0.15, 0.2) is 0 Å². The highest BCUT2D eigenvalue weighted by atomic mass is 16.5. The lowest BCUT2D eigenvalue weighted by Crippen LogP contribution is -2.30. The van der Waals surface area contributed by atoms with Crippen molar-refractivity contribution in [1.82, 2.24) is 0 Å². The summed E-state index contributed by atoms with van der Waals surface area (Å²) in [5, 5.41) is 2.93. The largest absolute Gasteiger partial charge is 0.364 e. The van der Waals surface area contributed by atoms with Gasteiger partial charge >= 0.3 is 0 Å². The highest BCUT2D eigenvalue weighted by Gasteiger charge is 2.29. The number of carbonyl (C=O) groups is 1. The summed E-state index contributed by atoms with van der Waals surface area (Å²) in [4.78, 5) is 12.1. The first-order valence-corrected chi connectivity index (χ1v) is 6.34. The number of aryl methyl sites for hydroxylation is 1. The van der Waals surface area contributed by atoms with Gasteiger partial charge in [0.1, 0.15) is 6.10 Å². The normalized spacial score (nSPS) is 23.1. The van der Waals surface area contributed by atoms with Crippen LogP contribution in [0.4, 0.5) is 5.69 Å². The van der Waals surface area contributed by atoms with Crippen LogP contribution < -0.4 is 11.1 Å². The Hall–Kier alpha value is -1.39. The Kier molecular flexibility index (Phi) is 3.99. The lowest BCUT2D eigenvalue weighted by molar-refractivity contribution is -0.126. The number of hydrogen-bond acceptors (Lipinski definition) is 3. The van der Waals surface area contributed by atoms with E-state index in [4.69, 9.17) is 10.5 Å². The van der Waals surface area contributed by atoms with Crippen LogP contribution in [0.5, 0.6) is 0 Å². The molecule has 0 radical (unpaired) electrons. The maximum atomic E-state index is 12.1. The molecule has 0 aliphatic carbocycles. The average Bonchev–Trinajstić information content (AvgIpc) is 2.83. The summed E-state index contributed by atoms with van der Waals surface area (Å²) < 4.78 is 5.58. The third kappa shape index (κ3) is 2.71. The SMILES string of the molecule is Cc1cccc(NC(=O)[C@@H]2CC[C@H](CN)O2)c1C. The van der Waals surface area contributed by atoms with E-state index in [2.05, 4.69) is 5.32 Å². The quantitative estimate of drug-likeness (QED) is 0.856. The summed E-state index contributed by atoms with van der Waals surface area (Å²) in [5.41, 5.74) is 8.66. The van der Waals surface area contributed by atoms with Crippen LogP contribution in [0, 0.1) is 13.8 Å². The molecule has 1 aromatic rings. The second kappa shape index (κ2) is 5.50. The van der Waals surface area contributed by atoms with E-state index in [9.17, 15) is 4.79 Å². The summed E-state index contributed by atoms with van der Waals surface area (Å²) in [6.45, 7) is 4.51. The first kappa shape index (κ1) is 13.1. The predicted octanol–water partition coefficient (Wildman–Crippen LogP) is 1.75. The monoisotopic (exact) mass is 248 g/mol. The number of hydrogen-bond donors (Lipinski definition) is 2. The van der Waals surface area contributed by atoms with Crippen LogP contribution in [0.15, 0.2) is 18.2 Å². The van der Waals surface area contributed by atoms with Gasteiger partial charge in [-0.25, -0.2) is 0 Å². The van der Waals surface area contributed by atoms with Crippen LogP contribution in [0.3, 0.4) is 0 Å². The zero-order valence-corrected chi connectivity index (χ0v) is 10.9. The predicted molar refractivity (Wildman–Crippen MR) is 71.5 cm³/mol. The minimum absolute atomic E-state index is 0.0272. The minimum Gasteiger partial charge on any atom is -0.364 e. The molecule has 0 saturated carbocycles. The highest BCUT2D eigenvalue weighted by molar-refractivity contribution is 5.95. The van der Waals surface area contributed by atoms with E-state index in [0.717, 1.165) is 24.1 Å². The maximum absolute atomic E-state index is 12.1. The average molecular weight is 248 g/mol. The topological polar surface area (TPSA) is 64.4 Å². The molecular weight excluding hydrogens is 228 g/mol. The molecule has 0 aromatic heterocycles. The lowest BCUT2D eigenvalue weighted by atomic mass is 10.1. The molecule has 1 saturated heterocycles. The van der Waals surface area contributed by atoms with Crippen molar-refractivity contribution in [1.29, 1.82) is 0 Å². The molecule has 2 atom stereocenters. The molecule has 1 aromatic carbocycles. The molecule has 2 rings (SSSR count). The molecule has 1 amide bonds. The zero-order valence-electron chi connectivity index (χ0n) is 10.9. The van der Waals surface area contributed by atoms with Gasteiger partial charge in [-0.15, -0.1) is 0 Å².